The maximum absolute atomic E-state index is 5.80. The van der Waals surface area contributed by atoms with Gasteiger partial charge in [-0.2, -0.15) is 0 Å². The average Bonchev–Trinajstić information content (AvgIpc) is 1.95. The van der Waals surface area contributed by atoms with E-state index in [1.165, 1.54) is 0 Å². The minimum atomic E-state index is 0.268. The smallest absolute Gasteiger partial charge is 0.0577 e. The van der Waals surface area contributed by atoms with Crippen molar-refractivity contribution in [3.05, 3.63) is 6.92 Å². The second-order valence-corrected chi connectivity index (χ2v) is 5.41. The van der Waals surface area contributed by atoms with Crippen LogP contribution >= 0.6 is 0 Å². The highest BCUT2D eigenvalue weighted by Crippen LogP contribution is 2.18. The summed E-state index contributed by atoms with van der Waals surface area (Å²) in [6, 6.07) is 0. The van der Waals surface area contributed by atoms with Gasteiger partial charge in [0.25, 0.3) is 0 Å². The Morgan fingerprint density at radius 3 is 2.08 bits per heavy atom. The third-order valence-electron chi connectivity index (χ3n) is 1.81. The molecule has 0 aliphatic carbocycles. The highest BCUT2D eigenvalue weighted by atomic mass is 16.5. The number of hydrogen-bond donors (Lipinski definition) is 0. The van der Waals surface area contributed by atoms with Gasteiger partial charge in [0.15, 0.2) is 0 Å². The molecule has 0 aromatic rings. The van der Waals surface area contributed by atoms with Crippen molar-refractivity contribution in [1.82, 2.24) is 0 Å². The van der Waals surface area contributed by atoms with Crippen LogP contribution in [0.5, 0.6) is 0 Å². The van der Waals surface area contributed by atoms with Crippen LogP contribution in [0.3, 0.4) is 0 Å². The van der Waals surface area contributed by atoms with Gasteiger partial charge in [-0.1, -0.05) is 41.5 Å². The molecule has 0 aromatic heterocycles. The van der Waals surface area contributed by atoms with Crippen molar-refractivity contribution in [2.24, 2.45) is 11.3 Å². The lowest BCUT2D eigenvalue weighted by atomic mass is 9.98. The van der Waals surface area contributed by atoms with Gasteiger partial charge in [-0.25, -0.2) is 0 Å². The molecule has 0 rings (SSSR count). The van der Waals surface area contributed by atoms with Crippen molar-refractivity contribution in [1.29, 1.82) is 0 Å². The Bertz CT molecular complexity index is 122. The molecule has 1 atom stereocenters. The highest BCUT2D eigenvalue weighted by Gasteiger charge is 2.15. The Hall–Kier alpha value is -0.0400. The van der Waals surface area contributed by atoms with Crippen molar-refractivity contribution in [2.75, 3.05) is 6.61 Å². The minimum absolute atomic E-state index is 0.268. The molecule has 0 N–H and O–H groups in total. The average molecular weight is 185 g/mol. The SMILES string of the molecule is [CH2]CC(CC(C)C)OCC(C)(C)C. The molecule has 0 amide bonds. The van der Waals surface area contributed by atoms with E-state index in [4.69, 9.17) is 4.74 Å². The van der Waals surface area contributed by atoms with E-state index < -0.39 is 0 Å². The first-order chi connectivity index (χ1) is 5.85. The molecule has 0 bridgehead atoms. The number of hydrogen-bond acceptors (Lipinski definition) is 1. The Labute approximate surface area is 83.9 Å². The molecule has 0 heterocycles. The monoisotopic (exact) mass is 185 g/mol. The zero-order valence-electron chi connectivity index (χ0n) is 9.89. The van der Waals surface area contributed by atoms with Crippen molar-refractivity contribution in [3.63, 3.8) is 0 Å². The molecule has 0 aromatic carbocycles. The summed E-state index contributed by atoms with van der Waals surface area (Å²) < 4.78 is 5.80. The van der Waals surface area contributed by atoms with Crippen LogP contribution in [-0.4, -0.2) is 12.7 Å². The Kier molecular flexibility index (Phi) is 5.62. The molecular formula is C12H25O. The zero-order chi connectivity index (χ0) is 10.5. The molecule has 0 fully saturated rings. The van der Waals surface area contributed by atoms with E-state index in [2.05, 4.69) is 41.5 Å². The van der Waals surface area contributed by atoms with Gasteiger partial charge in [-0.15, -0.1) is 0 Å². The van der Waals surface area contributed by atoms with Gasteiger partial charge in [0.1, 0.15) is 0 Å². The Morgan fingerprint density at radius 1 is 1.23 bits per heavy atom. The molecule has 1 radical (unpaired) electrons. The van der Waals surface area contributed by atoms with Crippen LogP contribution in [0.1, 0.15) is 47.5 Å². The number of ether oxygens (including phenoxy) is 1. The van der Waals surface area contributed by atoms with Gasteiger partial charge >= 0.3 is 0 Å². The second kappa shape index (κ2) is 5.64. The van der Waals surface area contributed by atoms with Crippen LogP contribution < -0.4 is 0 Å². The van der Waals surface area contributed by atoms with Crippen LogP contribution in [-0.2, 0) is 4.74 Å². The quantitative estimate of drug-likeness (QED) is 0.634. The molecule has 0 aliphatic heterocycles. The van der Waals surface area contributed by atoms with Crippen molar-refractivity contribution < 1.29 is 4.74 Å². The van der Waals surface area contributed by atoms with Crippen LogP contribution in [0.15, 0.2) is 0 Å². The van der Waals surface area contributed by atoms with Gasteiger partial charge in [0.05, 0.1) is 12.7 Å². The molecule has 1 unspecified atom stereocenters. The Balaban J connectivity index is 3.72. The predicted octanol–water partition coefficient (Wildman–Crippen LogP) is 3.69. The first-order valence-corrected chi connectivity index (χ1v) is 5.26. The zero-order valence-corrected chi connectivity index (χ0v) is 9.89. The number of rotatable bonds is 5. The maximum Gasteiger partial charge on any atom is 0.0577 e. The Morgan fingerprint density at radius 2 is 1.77 bits per heavy atom. The largest absolute Gasteiger partial charge is 0.378 e. The summed E-state index contributed by atoms with van der Waals surface area (Å²) in [5.74, 6) is 0.701. The lowest BCUT2D eigenvalue weighted by molar-refractivity contribution is -0.000180. The summed E-state index contributed by atoms with van der Waals surface area (Å²) in [6.07, 6.45) is 2.35. The summed E-state index contributed by atoms with van der Waals surface area (Å²) in [7, 11) is 0. The molecule has 0 aliphatic rings. The lowest BCUT2D eigenvalue weighted by Gasteiger charge is -2.24. The molecule has 0 spiro atoms. The van der Waals surface area contributed by atoms with E-state index in [-0.39, 0.29) is 5.41 Å². The predicted molar refractivity (Wildman–Crippen MR) is 58.6 cm³/mol. The van der Waals surface area contributed by atoms with E-state index in [9.17, 15) is 0 Å². The summed E-state index contributed by atoms with van der Waals surface area (Å²) >= 11 is 0. The molecule has 13 heavy (non-hydrogen) atoms. The standard InChI is InChI=1S/C12H25O/c1-7-11(8-10(2)3)13-9-12(4,5)6/h10-11H,1,7-9H2,2-6H3. The highest BCUT2D eigenvalue weighted by molar-refractivity contribution is 4.66. The minimum Gasteiger partial charge on any atom is -0.378 e. The second-order valence-electron chi connectivity index (χ2n) is 5.41. The van der Waals surface area contributed by atoms with Gasteiger partial charge in [-0.05, 0) is 24.2 Å². The summed E-state index contributed by atoms with van der Waals surface area (Å²) in [5.41, 5.74) is 0.268. The lowest BCUT2D eigenvalue weighted by Crippen LogP contribution is -2.22. The summed E-state index contributed by atoms with van der Waals surface area (Å²) in [4.78, 5) is 0. The third kappa shape index (κ3) is 8.29. The van der Waals surface area contributed by atoms with Gasteiger partial charge in [-0.3, -0.25) is 0 Å². The fraction of sp³-hybridized carbons (Fsp3) is 0.917. The first kappa shape index (κ1) is 13.0. The van der Waals surface area contributed by atoms with E-state index in [1.807, 2.05) is 0 Å². The van der Waals surface area contributed by atoms with Gasteiger partial charge in [0, 0.05) is 0 Å². The van der Waals surface area contributed by atoms with E-state index in [0.717, 1.165) is 19.4 Å². The fourth-order valence-electron chi connectivity index (χ4n) is 1.16. The fourth-order valence-corrected chi connectivity index (χ4v) is 1.16. The van der Waals surface area contributed by atoms with Crippen LogP contribution in [0.4, 0.5) is 0 Å². The van der Waals surface area contributed by atoms with Crippen molar-refractivity contribution >= 4 is 0 Å². The summed E-state index contributed by atoms with van der Waals surface area (Å²) in [5, 5.41) is 0. The van der Waals surface area contributed by atoms with E-state index in [0.29, 0.717) is 12.0 Å². The van der Waals surface area contributed by atoms with E-state index in [1.54, 1.807) is 0 Å². The third-order valence-corrected chi connectivity index (χ3v) is 1.81. The molecule has 1 nitrogen and oxygen atoms in total. The normalized spacial score (nSPS) is 15.0. The molecule has 1 heteroatoms. The molecule has 0 saturated carbocycles. The summed E-state index contributed by atoms with van der Waals surface area (Å²) in [6.45, 7) is 15.8. The van der Waals surface area contributed by atoms with Crippen LogP contribution in [0.2, 0.25) is 0 Å². The molecular weight excluding hydrogens is 160 g/mol. The van der Waals surface area contributed by atoms with Crippen molar-refractivity contribution in [3.8, 4) is 0 Å². The molecule has 79 valence electrons. The molecule has 0 saturated heterocycles. The van der Waals surface area contributed by atoms with Crippen LogP contribution in [0, 0.1) is 18.3 Å². The van der Waals surface area contributed by atoms with E-state index >= 15 is 0 Å². The first-order valence-electron chi connectivity index (χ1n) is 5.26. The van der Waals surface area contributed by atoms with Gasteiger partial charge in [0.2, 0.25) is 0 Å². The topological polar surface area (TPSA) is 9.23 Å². The van der Waals surface area contributed by atoms with Crippen molar-refractivity contribution in [2.45, 2.75) is 53.6 Å². The maximum atomic E-state index is 5.80. The van der Waals surface area contributed by atoms with Crippen LogP contribution in [0.25, 0.3) is 0 Å². The van der Waals surface area contributed by atoms with Gasteiger partial charge < -0.3 is 4.74 Å².